The molecule has 92 valence electrons. The maximum Gasteiger partial charge on any atom is 0.335 e. The summed E-state index contributed by atoms with van der Waals surface area (Å²) in [7, 11) is 0. The summed E-state index contributed by atoms with van der Waals surface area (Å²) in [5.74, 6) is -0.304. The molecule has 0 spiro atoms. The molecule has 0 fully saturated rings. The first-order valence-electron chi connectivity index (χ1n) is 6.29. The Morgan fingerprint density at radius 1 is 1.12 bits per heavy atom. The lowest BCUT2D eigenvalue weighted by Gasteiger charge is -1.97. The smallest absolute Gasteiger partial charge is 0.335 e. The van der Waals surface area contributed by atoms with Crippen molar-refractivity contribution in [2.45, 2.75) is 58.8 Å². The lowest BCUT2D eigenvalue weighted by Crippen LogP contribution is -1.92. The van der Waals surface area contributed by atoms with E-state index >= 15 is 0 Å². The molecule has 0 saturated carbocycles. The number of rotatable bonds is 9. The molecule has 0 amide bonds. The summed E-state index contributed by atoms with van der Waals surface area (Å²) in [6, 6.07) is 0. The third kappa shape index (κ3) is 11.0. The minimum Gasteiger partial charge on any atom is -0.432 e. The summed E-state index contributed by atoms with van der Waals surface area (Å²) >= 11 is 0. The first-order valence-corrected chi connectivity index (χ1v) is 6.29. The van der Waals surface area contributed by atoms with Crippen LogP contribution in [0.5, 0.6) is 0 Å². The fourth-order valence-corrected chi connectivity index (χ4v) is 1.40. The van der Waals surface area contributed by atoms with Crippen molar-refractivity contribution in [2.24, 2.45) is 0 Å². The third-order valence-corrected chi connectivity index (χ3v) is 2.31. The van der Waals surface area contributed by atoms with E-state index in [1.807, 2.05) is 6.08 Å². The van der Waals surface area contributed by atoms with Gasteiger partial charge in [0.15, 0.2) is 0 Å². The molecule has 0 saturated heterocycles. The van der Waals surface area contributed by atoms with E-state index in [1.54, 1.807) is 13.0 Å². The second kappa shape index (κ2) is 12.0. The van der Waals surface area contributed by atoms with Crippen LogP contribution in [0.2, 0.25) is 0 Å². The van der Waals surface area contributed by atoms with Crippen molar-refractivity contribution in [2.75, 3.05) is 0 Å². The lowest BCUT2D eigenvalue weighted by molar-refractivity contribution is -0.132. The zero-order valence-electron chi connectivity index (χ0n) is 10.6. The monoisotopic (exact) mass is 224 g/mol. The molecule has 0 unspecified atom stereocenters. The predicted octanol–water partition coefficient (Wildman–Crippen LogP) is 4.37. The molecule has 0 heterocycles. The number of esters is 1. The van der Waals surface area contributed by atoms with Crippen molar-refractivity contribution in [1.82, 2.24) is 0 Å². The van der Waals surface area contributed by atoms with E-state index in [2.05, 4.69) is 6.92 Å². The number of carbonyl (C=O) groups excluding carboxylic acids is 1. The largest absolute Gasteiger partial charge is 0.432 e. The molecule has 0 atom stereocenters. The predicted molar refractivity (Wildman–Crippen MR) is 68.0 cm³/mol. The molecule has 0 bridgehead atoms. The Morgan fingerprint density at radius 2 is 1.81 bits per heavy atom. The number of hydrogen-bond acceptors (Lipinski definition) is 2. The van der Waals surface area contributed by atoms with Crippen LogP contribution in [-0.4, -0.2) is 5.97 Å². The van der Waals surface area contributed by atoms with Crippen LogP contribution in [0.4, 0.5) is 0 Å². The minimum atomic E-state index is -0.304. The molecule has 0 aliphatic carbocycles. The standard InChI is InChI=1S/C14H24O2/c1-3-5-6-7-8-9-10-11-13-16-14(15)12-4-2/h4,11-13H,3,5-10H2,1-2H3/b12-4+,13-11?. The van der Waals surface area contributed by atoms with Crippen LogP contribution in [0.3, 0.4) is 0 Å². The van der Waals surface area contributed by atoms with Gasteiger partial charge in [-0.2, -0.15) is 0 Å². The van der Waals surface area contributed by atoms with Crippen molar-refractivity contribution in [3.63, 3.8) is 0 Å². The highest BCUT2D eigenvalue weighted by molar-refractivity contribution is 5.82. The molecule has 2 heteroatoms. The summed E-state index contributed by atoms with van der Waals surface area (Å²) in [6.07, 6.45) is 15.2. The first kappa shape index (κ1) is 14.9. The zero-order chi connectivity index (χ0) is 12.1. The van der Waals surface area contributed by atoms with E-state index < -0.39 is 0 Å². The van der Waals surface area contributed by atoms with Crippen molar-refractivity contribution >= 4 is 5.97 Å². The first-order chi connectivity index (χ1) is 7.81. The summed E-state index contributed by atoms with van der Waals surface area (Å²) in [5, 5.41) is 0. The highest BCUT2D eigenvalue weighted by Gasteiger charge is 1.90. The van der Waals surface area contributed by atoms with Crippen LogP contribution in [-0.2, 0) is 9.53 Å². The summed E-state index contributed by atoms with van der Waals surface area (Å²) < 4.78 is 4.82. The molecule has 2 nitrogen and oxygen atoms in total. The Balaban J connectivity index is 3.24. The summed E-state index contributed by atoms with van der Waals surface area (Å²) in [5.41, 5.74) is 0. The minimum absolute atomic E-state index is 0.304. The Hall–Kier alpha value is -1.05. The van der Waals surface area contributed by atoms with Crippen molar-refractivity contribution < 1.29 is 9.53 Å². The SMILES string of the molecule is C/C=C/C(=O)OC=CCCCCCCCC. The number of allylic oxidation sites excluding steroid dienone is 2. The van der Waals surface area contributed by atoms with Gasteiger partial charge in [-0.1, -0.05) is 45.1 Å². The number of hydrogen-bond donors (Lipinski definition) is 0. The third-order valence-electron chi connectivity index (χ3n) is 2.31. The Kier molecular flexibility index (Phi) is 11.2. The van der Waals surface area contributed by atoms with Gasteiger partial charge in [0.05, 0.1) is 6.26 Å². The van der Waals surface area contributed by atoms with E-state index in [0.29, 0.717) is 0 Å². The zero-order valence-corrected chi connectivity index (χ0v) is 10.6. The number of carbonyl (C=O) groups is 1. The lowest BCUT2D eigenvalue weighted by atomic mass is 10.1. The van der Waals surface area contributed by atoms with Crippen LogP contribution in [0.25, 0.3) is 0 Å². The molecule has 0 aliphatic heterocycles. The Bertz CT molecular complexity index is 217. The number of unbranched alkanes of at least 4 members (excludes halogenated alkanes) is 6. The van der Waals surface area contributed by atoms with Crippen molar-refractivity contribution in [3.8, 4) is 0 Å². The summed E-state index contributed by atoms with van der Waals surface area (Å²) in [6.45, 7) is 4.02. The van der Waals surface area contributed by atoms with Gasteiger partial charge in [-0.25, -0.2) is 4.79 Å². The van der Waals surface area contributed by atoms with Gasteiger partial charge in [0.2, 0.25) is 0 Å². The van der Waals surface area contributed by atoms with Crippen LogP contribution in [0.15, 0.2) is 24.5 Å². The van der Waals surface area contributed by atoms with E-state index in [4.69, 9.17) is 4.74 Å². The van der Waals surface area contributed by atoms with Gasteiger partial charge in [-0.15, -0.1) is 0 Å². The Labute approximate surface area is 99.4 Å². The van der Waals surface area contributed by atoms with E-state index in [1.165, 1.54) is 50.9 Å². The molecular formula is C14H24O2. The van der Waals surface area contributed by atoms with Crippen LogP contribution in [0.1, 0.15) is 58.8 Å². The average molecular weight is 224 g/mol. The van der Waals surface area contributed by atoms with Crippen LogP contribution >= 0.6 is 0 Å². The van der Waals surface area contributed by atoms with E-state index in [-0.39, 0.29) is 5.97 Å². The fourth-order valence-electron chi connectivity index (χ4n) is 1.40. The van der Waals surface area contributed by atoms with Gasteiger partial charge < -0.3 is 4.74 Å². The van der Waals surface area contributed by atoms with E-state index in [9.17, 15) is 4.79 Å². The van der Waals surface area contributed by atoms with Gasteiger partial charge in [-0.05, 0) is 25.8 Å². The van der Waals surface area contributed by atoms with E-state index in [0.717, 1.165) is 6.42 Å². The Morgan fingerprint density at radius 3 is 2.50 bits per heavy atom. The molecular weight excluding hydrogens is 200 g/mol. The van der Waals surface area contributed by atoms with Crippen LogP contribution in [0, 0.1) is 0 Å². The fraction of sp³-hybridized carbons (Fsp3) is 0.643. The molecule has 0 radical (unpaired) electrons. The molecule has 0 rings (SSSR count). The van der Waals surface area contributed by atoms with Gasteiger partial charge in [-0.3, -0.25) is 0 Å². The maximum atomic E-state index is 10.9. The van der Waals surface area contributed by atoms with Crippen LogP contribution < -0.4 is 0 Å². The van der Waals surface area contributed by atoms with Gasteiger partial charge >= 0.3 is 5.97 Å². The van der Waals surface area contributed by atoms with Gasteiger partial charge in [0, 0.05) is 6.08 Å². The van der Waals surface area contributed by atoms with Crippen molar-refractivity contribution in [1.29, 1.82) is 0 Å². The van der Waals surface area contributed by atoms with Crippen molar-refractivity contribution in [3.05, 3.63) is 24.5 Å². The van der Waals surface area contributed by atoms with Gasteiger partial charge in [0.1, 0.15) is 0 Å². The average Bonchev–Trinajstić information content (AvgIpc) is 2.27. The second-order valence-corrected chi connectivity index (χ2v) is 3.87. The molecule has 16 heavy (non-hydrogen) atoms. The molecule has 0 N–H and O–H groups in total. The molecule has 0 aromatic heterocycles. The maximum absolute atomic E-state index is 10.9. The molecule has 0 aromatic rings. The summed E-state index contributed by atoms with van der Waals surface area (Å²) in [4.78, 5) is 10.9. The molecule has 0 aromatic carbocycles. The second-order valence-electron chi connectivity index (χ2n) is 3.87. The molecule has 0 aliphatic rings. The normalized spacial score (nSPS) is 11.4. The highest BCUT2D eigenvalue weighted by atomic mass is 16.5. The highest BCUT2D eigenvalue weighted by Crippen LogP contribution is 2.07. The number of ether oxygens (including phenoxy) is 1. The van der Waals surface area contributed by atoms with Gasteiger partial charge in [0.25, 0.3) is 0 Å². The topological polar surface area (TPSA) is 26.3 Å². The quantitative estimate of drug-likeness (QED) is 0.251.